The minimum absolute atomic E-state index is 0.0554. The Kier molecular flexibility index (Phi) is 11.5. The molecule has 0 aliphatic carbocycles. The number of hydrogen-bond acceptors (Lipinski definition) is 7. The lowest BCUT2D eigenvalue weighted by atomic mass is 10.1. The summed E-state index contributed by atoms with van der Waals surface area (Å²) in [4.78, 5) is 30.0. The third-order valence-corrected chi connectivity index (χ3v) is 7.56. The Bertz CT molecular complexity index is 1440. The number of carbonyl (C=O) groups is 2. The SMILES string of the molecule is C=CC(=O)N1CC(NC(=O)c2cnc(CNc3cc(CCC)c(Cl)cc3O)n2C)C1.CCCc1cc(N)c(O)cc1Cl. The summed E-state index contributed by atoms with van der Waals surface area (Å²) in [6.45, 7) is 8.86. The van der Waals surface area contributed by atoms with E-state index in [9.17, 15) is 19.8 Å². The fourth-order valence-corrected chi connectivity index (χ4v) is 4.94. The van der Waals surface area contributed by atoms with Crippen LogP contribution < -0.4 is 16.4 Å². The van der Waals surface area contributed by atoms with Crippen molar-refractivity contribution < 1.29 is 19.8 Å². The molecule has 1 aliphatic heterocycles. The molecule has 0 saturated carbocycles. The lowest BCUT2D eigenvalue weighted by molar-refractivity contribution is -0.130. The Morgan fingerprint density at radius 1 is 1.07 bits per heavy atom. The largest absolute Gasteiger partial charge is 0.506 e. The number of likely N-dealkylation sites (tertiary alicyclic amines) is 1. The standard InChI is InChI=1S/C21H26ClN5O3.C9H12ClNO/c1-4-6-13-7-16(18(28)8-15(13)22)23-10-19-24-9-17(26(19)3)21(30)25-14-11-27(12-14)20(29)5-2;1-2-3-6-4-8(11)9(12)5-7(6)10/h5,7-9,14,23,28H,2,4,6,10-12H2,1,3H3,(H,25,30);4-5,12H,2-3,11H2,1H3. The van der Waals surface area contributed by atoms with Gasteiger partial charge in [-0.1, -0.05) is 56.5 Å². The maximum Gasteiger partial charge on any atom is 0.269 e. The highest BCUT2D eigenvalue weighted by Gasteiger charge is 2.31. The van der Waals surface area contributed by atoms with Crippen molar-refractivity contribution >= 4 is 46.4 Å². The zero-order chi connectivity index (χ0) is 31.0. The van der Waals surface area contributed by atoms with Gasteiger partial charge >= 0.3 is 0 Å². The summed E-state index contributed by atoms with van der Waals surface area (Å²) < 4.78 is 1.70. The van der Waals surface area contributed by atoms with Gasteiger partial charge in [0.25, 0.3) is 5.91 Å². The van der Waals surface area contributed by atoms with Crippen LogP contribution in [0.15, 0.2) is 43.1 Å². The van der Waals surface area contributed by atoms with Gasteiger partial charge in [-0.25, -0.2) is 4.98 Å². The molecule has 3 aromatic rings. The van der Waals surface area contributed by atoms with E-state index in [4.69, 9.17) is 28.9 Å². The van der Waals surface area contributed by atoms with Crippen LogP contribution in [-0.2, 0) is 31.2 Å². The molecule has 0 unspecified atom stereocenters. The van der Waals surface area contributed by atoms with Crippen LogP contribution in [0.5, 0.6) is 11.5 Å². The molecule has 0 bridgehead atoms. The van der Waals surface area contributed by atoms with E-state index in [1.54, 1.807) is 22.6 Å². The number of amides is 2. The topological polar surface area (TPSA) is 146 Å². The van der Waals surface area contributed by atoms with Gasteiger partial charge in [-0.2, -0.15) is 0 Å². The number of halogens is 2. The highest BCUT2D eigenvalue weighted by Crippen LogP contribution is 2.32. The number of hydrogen-bond donors (Lipinski definition) is 5. The van der Waals surface area contributed by atoms with Crippen LogP contribution >= 0.6 is 23.2 Å². The molecule has 2 aromatic carbocycles. The van der Waals surface area contributed by atoms with Gasteiger partial charge in [0.05, 0.1) is 30.2 Å². The third-order valence-electron chi connectivity index (χ3n) is 6.86. The molecule has 1 aliphatic rings. The molecular formula is C30H38Cl2N6O4. The van der Waals surface area contributed by atoms with Crippen LogP contribution in [0.3, 0.4) is 0 Å². The van der Waals surface area contributed by atoms with Crippen molar-refractivity contribution in [1.82, 2.24) is 19.8 Å². The maximum absolute atomic E-state index is 12.5. The van der Waals surface area contributed by atoms with Crippen LogP contribution in [0.1, 0.15) is 54.1 Å². The highest BCUT2D eigenvalue weighted by atomic mass is 35.5. The van der Waals surface area contributed by atoms with Gasteiger partial charge in [0.1, 0.15) is 23.0 Å². The summed E-state index contributed by atoms with van der Waals surface area (Å²) >= 11 is 12.0. The van der Waals surface area contributed by atoms with Crippen LogP contribution in [-0.4, -0.2) is 55.6 Å². The molecule has 1 fully saturated rings. The van der Waals surface area contributed by atoms with Crippen molar-refractivity contribution in [3.8, 4) is 11.5 Å². The molecule has 0 radical (unpaired) electrons. The van der Waals surface area contributed by atoms with Gasteiger partial charge in [-0.05, 0) is 42.2 Å². The number of aromatic nitrogens is 2. The smallest absolute Gasteiger partial charge is 0.269 e. The molecule has 1 saturated heterocycles. The molecule has 12 heteroatoms. The van der Waals surface area contributed by atoms with Crippen molar-refractivity contribution in [3.63, 3.8) is 0 Å². The van der Waals surface area contributed by atoms with E-state index >= 15 is 0 Å². The zero-order valence-electron chi connectivity index (χ0n) is 24.1. The number of phenols is 2. The van der Waals surface area contributed by atoms with Gasteiger partial charge in [-0.15, -0.1) is 0 Å². The maximum atomic E-state index is 12.5. The average molecular weight is 618 g/mol. The van der Waals surface area contributed by atoms with Crippen LogP contribution in [0.2, 0.25) is 10.0 Å². The molecule has 0 spiro atoms. The Balaban J connectivity index is 0.000000337. The predicted molar refractivity (Wildman–Crippen MR) is 167 cm³/mol. The monoisotopic (exact) mass is 616 g/mol. The lowest BCUT2D eigenvalue weighted by Gasteiger charge is -2.38. The summed E-state index contributed by atoms with van der Waals surface area (Å²) in [6, 6.07) is 6.50. The van der Waals surface area contributed by atoms with Crippen molar-refractivity contribution in [2.75, 3.05) is 24.1 Å². The van der Waals surface area contributed by atoms with Gasteiger partial charge in [0, 0.05) is 42.3 Å². The third kappa shape index (κ3) is 8.10. The molecule has 42 heavy (non-hydrogen) atoms. The molecule has 2 heterocycles. The normalized spacial score (nSPS) is 12.6. The first-order chi connectivity index (χ1) is 20.0. The highest BCUT2D eigenvalue weighted by molar-refractivity contribution is 6.32. The second-order valence-electron chi connectivity index (χ2n) is 10.1. The van der Waals surface area contributed by atoms with Gasteiger partial charge in [0.2, 0.25) is 5.91 Å². The first-order valence-corrected chi connectivity index (χ1v) is 14.5. The predicted octanol–water partition coefficient (Wildman–Crippen LogP) is 5.05. The molecular weight excluding hydrogens is 579 g/mol. The second-order valence-corrected chi connectivity index (χ2v) is 10.9. The number of nitrogen functional groups attached to an aromatic ring is 1. The number of nitrogens with two attached hydrogens (primary N) is 1. The van der Waals surface area contributed by atoms with Gasteiger partial charge in [0.15, 0.2) is 0 Å². The summed E-state index contributed by atoms with van der Waals surface area (Å²) in [7, 11) is 1.76. The number of phenolic OH excluding ortho intramolecular Hbond substituents is 2. The molecule has 1 aromatic heterocycles. The Labute approximate surface area is 256 Å². The number of nitrogens with one attached hydrogen (secondary N) is 2. The molecule has 0 atom stereocenters. The zero-order valence-corrected chi connectivity index (χ0v) is 25.6. The summed E-state index contributed by atoms with van der Waals surface area (Å²) in [5.74, 6) is 0.382. The minimum Gasteiger partial charge on any atom is -0.506 e. The fraction of sp³-hybridized carbons (Fsp3) is 0.367. The summed E-state index contributed by atoms with van der Waals surface area (Å²) in [5.41, 5.74) is 8.85. The van der Waals surface area contributed by atoms with E-state index in [1.165, 1.54) is 24.4 Å². The number of aromatic hydroxyl groups is 2. The van der Waals surface area contributed by atoms with E-state index in [2.05, 4.69) is 36.0 Å². The van der Waals surface area contributed by atoms with E-state index < -0.39 is 0 Å². The number of carbonyl (C=O) groups excluding carboxylic acids is 2. The number of imidazole rings is 1. The Morgan fingerprint density at radius 3 is 2.26 bits per heavy atom. The first-order valence-electron chi connectivity index (χ1n) is 13.7. The van der Waals surface area contributed by atoms with Crippen LogP contribution in [0, 0.1) is 0 Å². The van der Waals surface area contributed by atoms with Crippen molar-refractivity contribution in [2.24, 2.45) is 7.05 Å². The fourth-order valence-electron chi connectivity index (χ4n) is 4.43. The molecule has 4 rings (SSSR count). The first kappa shape index (κ1) is 32.6. The van der Waals surface area contributed by atoms with E-state index in [-0.39, 0.29) is 29.4 Å². The number of anilines is 2. The van der Waals surface area contributed by atoms with E-state index in [0.29, 0.717) is 52.6 Å². The average Bonchev–Trinajstić information content (AvgIpc) is 3.30. The molecule has 6 N–H and O–H groups in total. The van der Waals surface area contributed by atoms with E-state index in [0.717, 1.165) is 36.8 Å². The quantitative estimate of drug-likeness (QED) is 0.122. The summed E-state index contributed by atoms with van der Waals surface area (Å²) in [6.07, 6.45) is 6.46. The summed E-state index contributed by atoms with van der Waals surface area (Å²) in [5, 5.41) is 26.5. The van der Waals surface area contributed by atoms with Crippen molar-refractivity contribution in [1.29, 1.82) is 0 Å². The van der Waals surface area contributed by atoms with Crippen molar-refractivity contribution in [2.45, 2.75) is 52.1 Å². The van der Waals surface area contributed by atoms with Gasteiger partial charge in [-0.3, -0.25) is 9.59 Å². The lowest BCUT2D eigenvalue weighted by Crippen LogP contribution is -2.60. The van der Waals surface area contributed by atoms with Crippen LogP contribution in [0.4, 0.5) is 11.4 Å². The molecule has 2 amide bonds. The number of benzene rings is 2. The number of rotatable bonds is 10. The Hall–Kier alpha value is -3.89. The number of aryl methyl sites for hydroxylation is 2. The molecule has 10 nitrogen and oxygen atoms in total. The van der Waals surface area contributed by atoms with E-state index in [1.807, 2.05) is 6.07 Å². The van der Waals surface area contributed by atoms with Crippen LogP contribution in [0.25, 0.3) is 0 Å². The Morgan fingerprint density at radius 2 is 1.67 bits per heavy atom. The second kappa shape index (κ2) is 14.8. The molecule has 226 valence electrons. The number of nitrogens with zero attached hydrogens (tertiary/aromatic N) is 3. The minimum atomic E-state index is -0.244. The van der Waals surface area contributed by atoms with Gasteiger partial charge < -0.3 is 36.0 Å². The van der Waals surface area contributed by atoms with Crippen molar-refractivity contribution in [3.05, 3.63) is 75.8 Å².